The average Bonchev–Trinajstić information content (AvgIpc) is 3.21. The fraction of sp³-hybridized carbons (Fsp3) is 0.391. The van der Waals surface area contributed by atoms with Crippen molar-refractivity contribution in [1.82, 2.24) is 10.2 Å². The standard InChI is InChI=1S/C23H26ClN3O2/c24-21-9-5-4-8-18(21)14-20-15-22(29-26-20)23(28)25-19-10-12-27(13-11-19)16-17-6-2-1-3-7-17/h1-9,19,22H,10-16H2,(H,25,28). The van der Waals surface area contributed by atoms with Gasteiger partial charge in [-0.3, -0.25) is 9.69 Å². The largest absolute Gasteiger partial charge is 0.382 e. The number of carbonyl (C=O) groups is 1. The van der Waals surface area contributed by atoms with Crippen molar-refractivity contribution in [2.24, 2.45) is 5.16 Å². The second kappa shape index (κ2) is 9.42. The highest BCUT2D eigenvalue weighted by Crippen LogP contribution is 2.21. The Bertz CT molecular complexity index is 863. The number of carbonyl (C=O) groups excluding carboxylic acids is 1. The van der Waals surface area contributed by atoms with Gasteiger partial charge in [-0.05, 0) is 30.0 Å². The molecule has 152 valence electrons. The summed E-state index contributed by atoms with van der Waals surface area (Å²) in [6, 6.07) is 18.4. The van der Waals surface area contributed by atoms with Gasteiger partial charge in [0.15, 0.2) is 0 Å². The lowest BCUT2D eigenvalue weighted by molar-refractivity contribution is -0.132. The molecule has 4 rings (SSSR count). The zero-order chi connectivity index (χ0) is 20.1. The number of hydrogen-bond donors (Lipinski definition) is 1. The minimum Gasteiger partial charge on any atom is -0.382 e. The van der Waals surface area contributed by atoms with Gasteiger partial charge in [-0.2, -0.15) is 0 Å². The quantitative estimate of drug-likeness (QED) is 0.786. The Kier molecular flexibility index (Phi) is 6.47. The van der Waals surface area contributed by atoms with Gasteiger partial charge in [0.25, 0.3) is 5.91 Å². The molecule has 2 heterocycles. The van der Waals surface area contributed by atoms with E-state index >= 15 is 0 Å². The van der Waals surface area contributed by atoms with Gasteiger partial charge < -0.3 is 10.2 Å². The molecule has 2 aliphatic rings. The molecule has 0 aromatic heterocycles. The molecule has 0 spiro atoms. The van der Waals surface area contributed by atoms with Crippen LogP contribution in [0.3, 0.4) is 0 Å². The number of rotatable bonds is 6. The topological polar surface area (TPSA) is 53.9 Å². The maximum Gasteiger partial charge on any atom is 0.264 e. The van der Waals surface area contributed by atoms with Crippen molar-refractivity contribution in [3.05, 3.63) is 70.7 Å². The molecule has 29 heavy (non-hydrogen) atoms. The number of oxime groups is 1. The molecule has 1 amide bonds. The number of benzene rings is 2. The second-order valence-electron chi connectivity index (χ2n) is 7.77. The molecule has 0 bridgehead atoms. The molecule has 2 aromatic carbocycles. The Balaban J connectivity index is 1.20. The Morgan fingerprint density at radius 2 is 1.83 bits per heavy atom. The summed E-state index contributed by atoms with van der Waals surface area (Å²) in [6.07, 6.45) is 2.51. The van der Waals surface area contributed by atoms with Crippen LogP contribution < -0.4 is 5.32 Å². The van der Waals surface area contributed by atoms with Crippen LogP contribution in [0.1, 0.15) is 30.4 Å². The first-order chi connectivity index (χ1) is 14.2. The number of amides is 1. The summed E-state index contributed by atoms with van der Waals surface area (Å²) in [5, 5.41) is 7.98. The number of nitrogens with one attached hydrogen (secondary N) is 1. The van der Waals surface area contributed by atoms with Crippen molar-refractivity contribution < 1.29 is 9.63 Å². The van der Waals surface area contributed by atoms with E-state index in [0.717, 1.165) is 43.8 Å². The fourth-order valence-electron chi connectivity index (χ4n) is 3.90. The van der Waals surface area contributed by atoms with Crippen LogP contribution >= 0.6 is 11.6 Å². The van der Waals surface area contributed by atoms with E-state index < -0.39 is 6.10 Å². The average molecular weight is 412 g/mol. The van der Waals surface area contributed by atoms with Gasteiger partial charge in [-0.1, -0.05) is 65.3 Å². The molecule has 1 saturated heterocycles. The van der Waals surface area contributed by atoms with E-state index in [2.05, 4.69) is 39.6 Å². The summed E-state index contributed by atoms with van der Waals surface area (Å²) in [5.41, 5.74) is 3.19. The van der Waals surface area contributed by atoms with Crippen LogP contribution in [-0.2, 0) is 22.6 Å². The smallest absolute Gasteiger partial charge is 0.264 e. The van der Waals surface area contributed by atoms with Crippen molar-refractivity contribution in [2.75, 3.05) is 13.1 Å². The molecule has 1 N–H and O–H groups in total. The third kappa shape index (κ3) is 5.37. The molecule has 5 nitrogen and oxygen atoms in total. The first-order valence-electron chi connectivity index (χ1n) is 10.2. The van der Waals surface area contributed by atoms with Gasteiger partial charge in [0, 0.05) is 43.5 Å². The maximum atomic E-state index is 12.6. The maximum absolute atomic E-state index is 12.6. The Morgan fingerprint density at radius 3 is 2.59 bits per heavy atom. The molecule has 1 atom stereocenters. The highest BCUT2D eigenvalue weighted by molar-refractivity contribution is 6.31. The van der Waals surface area contributed by atoms with E-state index in [4.69, 9.17) is 16.4 Å². The molecule has 1 fully saturated rings. The van der Waals surface area contributed by atoms with Gasteiger partial charge in [-0.25, -0.2) is 0 Å². The second-order valence-corrected chi connectivity index (χ2v) is 8.18. The minimum atomic E-state index is -0.533. The number of hydrogen-bond acceptors (Lipinski definition) is 4. The summed E-state index contributed by atoms with van der Waals surface area (Å²) < 4.78 is 0. The molecule has 0 aliphatic carbocycles. The first-order valence-corrected chi connectivity index (χ1v) is 10.6. The monoisotopic (exact) mass is 411 g/mol. The van der Waals surface area contributed by atoms with E-state index in [-0.39, 0.29) is 11.9 Å². The summed E-state index contributed by atoms with van der Waals surface area (Å²) >= 11 is 6.21. The summed E-state index contributed by atoms with van der Waals surface area (Å²) in [4.78, 5) is 20.4. The molecule has 0 saturated carbocycles. The zero-order valence-electron chi connectivity index (χ0n) is 16.4. The van der Waals surface area contributed by atoms with Crippen LogP contribution in [-0.4, -0.2) is 41.8 Å². The molecule has 2 aromatic rings. The summed E-state index contributed by atoms with van der Waals surface area (Å²) in [6.45, 7) is 2.94. The van der Waals surface area contributed by atoms with Gasteiger partial charge in [0.1, 0.15) is 0 Å². The predicted molar refractivity (Wildman–Crippen MR) is 115 cm³/mol. The lowest BCUT2D eigenvalue weighted by Gasteiger charge is -2.32. The third-order valence-electron chi connectivity index (χ3n) is 5.56. The number of nitrogens with zero attached hydrogens (tertiary/aromatic N) is 2. The van der Waals surface area contributed by atoms with E-state index in [1.54, 1.807) is 0 Å². The predicted octanol–water partition coefficient (Wildman–Crippen LogP) is 3.81. The third-order valence-corrected chi connectivity index (χ3v) is 5.93. The van der Waals surface area contributed by atoms with Crippen molar-refractivity contribution in [3.63, 3.8) is 0 Å². The molecule has 0 radical (unpaired) electrons. The van der Waals surface area contributed by atoms with E-state index in [9.17, 15) is 4.79 Å². The van der Waals surface area contributed by atoms with Gasteiger partial charge >= 0.3 is 0 Å². The Labute approximate surface area is 176 Å². The molecular weight excluding hydrogens is 386 g/mol. The van der Waals surface area contributed by atoms with Crippen molar-refractivity contribution in [2.45, 2.75) is 44.4 Å². The number of likely N-dealkylation sites (tertiary alicyclic amines) is 1. The van der Waals surface area contributed by atoms with Crippen molar-refractivity contribution >= 4 is 23.2 Å². The Hall–Kier alpha value is -2.37. The van der Waals surface area contributed by atoms with Crippen LogP contribution in [0, 0.1) is 0 Å². The summed E-state index contributed by atoms with van der Waals surface area (Å²) in [7, 11) is 0. The number of halogens is 1. The van der Waals surface area contributed by atoms with Gasteiger partial charge in [-0.15, -0.1) is 0 Å². The van der Waals surface area contributed by atoms with E-state index in [1.165, 1.54) is 5.56 Å². The van der Waals surface area contributed by atoms with Crippen LogP contribution in [0.4, 0.5) is 0 Å². The van der Waals surface area contributed by atoms with Gasteiger partial charge in [0.05, 0.1) is 5.71 Å². The minimum absolute atomic E-state index is 0.0654. The van der Waals surface area contributed by atoms with E-state index in [0.29, 0.717) is 17.9 Å². The van der Waals surface area contributed by atoms with Crippen molar-refractivity contribution in [1.29, 1.82) is 0 Å². The normalized spacial score (nSPS) is 20.2. The zero-order valence-corrected chi connectivity index (χ0v) is 17.1. The van der Waals surface area contributed by atoms with Crippen LogP contribution in [0.25, 0.3) is 0 Å². The fourth-order valence-corrected chi connectivity index (χ4v) is 4.11. The Morgan fingerprint density at radius 1 is 1.10 bits per heavy atom. The van der Waals surface area contributed by atoms with Crippen LogP contribution in [0.15, 0.2) is 59.8 Å². The molecule has 1 unspecified atom stereocenters. The SMILES string of the molecule is O=C(NC1CCN(Cc2ccccc2)CC1)C1CC(Cc2ccccc2Cl)=NO1. The lowest BCUT2D eigenvalue weighted by atomic mass is 10.0. The van der Waals surface area contributed by atoms with Gasteiger partial charge in [0.2, 0.25) is 6.10 Å². The molecule has 2 aliphatic heterocycles. The van der Waals surface area contributed by atoms with E-state index in [1.807, 2.05) is 30.3 Å². The highest BCUT2D eigenvalue weighted by atomic mass is 35.5. The van der Waals surface area contributed by atoms with Crippen LogP contribution in [0.2, 0.25) is 5.02 Å². The van der Waals surface area contributed by atoms with Crippen molar-refractivity contribution in [3.8, 4) is 0 Å². The lowest BCUT2D eigenvalue weighted by Crippen LogP contribution is -2.47. The highest BCUT2D eigenvalue weighted by Gasteiger charge is 2.30. The number of piperidine rings is 1. The molecule has 6 heteroatoms. The summed E-state index contributed by atoms with van der Waals surface area (Å²) in [5.74, 6) is -0.0654. The molecular formula is C23H26ClN3O2. The van der Waals surface area contributed by atoms with Crippen LogP contribution in [0.5, 0.6) is 0 Å². The first kappa shape index (κ1) is 19.9.